The van der Waals surface area contributed by atoms with Crippen molar-refractivity contribution in [2.75, 3.05) is 12.4 Å². The van der Waals surface area contributed by atoms with Gasteiger partial charge in [0.2, 0.25) is 0 Å². The van der Waals surface area contributed by atoms with Crippen LogP contribution in [0, 0.1) is 0 Å². The third-order valence-corrected chi connectivity index (χ3v) is 1.76. The van der Waals surface area contributed by atoms with Gasteiger partial charge in [0, 0.05) is 36.5 Å². The fourth-order valence-corrected chi connectivity index (χ4v) is 0.997. The summed E-state index contributed by atoms with van der Waals surface area (Å²) in [7, 11) is -3.83. The number of aliphatic hydroxyl groups excluding tert-OH is 1. The molecule has 0 aliphatic heterocycles. The fourth-order valence-electron chi connectivity index (χ4n) is 0.332. The molecule has 0 rings (SSSR count). The van der Waals surface area contributed by atoms with Gasteiger partial charge in [-0.15, -0.1) is 0 Å². The number of aliphatic hydroxyl groups is 1. The van der Waals surface area contributed by atoms with E-state index in [-0.39, 0.29) is 29.6 Å². The van der Waals surface area contributed by atoms with Gasteiger partial charge in [0.15, 0.2) is 0 Å². The van der Waals surface area contributed by atoms with E-state index < -0.39 is 28.4 Å². The van der Waals surface area contributed by atoms with E-state index in [1.54, 1.807) is 0 Å². The Morgan fingerprint density at radius 3 is 2.27 bits per heavy atom. The van der Waals surface area contributed by atoms with E-state index in [2.05, 4.69) is 4.18 Å². The van der Waals surface area contributed by atoms with Crippen LogP contribution in [0.25, 0.3) is 0 Å². The molecule has 0 aliphatic carbocycles. The standard InChI is InChI=1S/C4H8O5S.Na/c1-4(6)9-10(7,8)3-2-5;/h5H,2-3H2,1H3;. The summed E-state index contributed by atoms with van der Waals surface area (Å²) in [4.78, 5) is 10.1. The molecule has 0 aromatic carbocycles. The van der Waals surface area contributed by atoms with Crippen LogP contribution in [0.5, 0.6) is 0 Å². The molecule has 0 spiro atoms. The van der Waals surface area contributed by atoms with Gasteiger partial charge in [-0.1, -0.05) is 0 Å². The summed E-state index contributed by atoms with van der Waals surface area (Å²) in [5, 5.41) is 8.14. The molecule has 0 saturated heterocycles. The quantitative estimate of drug-likeness (QED) is 0.433. The average Bonchev–Trinajstić information content (AvgIpc) is 1.59. The smallest absolute Gasteiger partial charge is 0.319 e. The number of hydrogen-bond donors (Lipinski definition) is 1. The Balaban J connectivity index is 0. The molecule has 0 saturated carbocycles. The third kappa shape index (κ3) is 8.28. The first-order valence-electron chi connectivity index (χ1n) is 2.51. The number of carbonyl (C=O) groups excluding carboxylic acids is 1. The van der Waals surface area contributed by atoms with Gasteiger partial charge in [0.1, 0.15) is 5.75 Å². The van der Waals surface area contributed by atoms with Crippen LogP contribution in [0.15, 0.2) is 0 Å². The molecule has 0 atom stereocenters. The monoisotopic (exact) mass is 191 g/mol. The van der Waals surface area contributed by atoms with E-state index in [9.17, 15) is 13.2 Å². The summed E-state index contributed by atoms with van der Waals surface area (Å²) >= 11 is 0. The molecule has 5 nitrogen and oxygen atoms in total. The van der Waals surface area contributed by atoms with E-state index in [0.29, 0.717) is 0 Å². The van der Waals surface area contributed by atoms with Crippen molar-refractivity contribution in [2.45, 2.75) is 6.92 Å². The predicted molar refractivity (Wildman–Crippen MR) is 38.4 cm³/mol. The molecule has 0 amide bonds. The Kier molecular flexibility index (Phi) is 7.55. The van der Waals surface area contributed by atoms with Crippen molar-refractivity contribution in [1.82, 2.24) is 0 Å². The first-order chi connectivity index (χ1) is 4.48. The van der Waals surface area contributed by atoms with Crippen molar-refractivity contribution in [3.8, 4) is 0 Å². The van der Waals surface area contributed by atoms with Crippen LogP contribution in [0.2, 0.25) is 0 Å². The first-order valence-corrected chi connectivity index (χ1v) is 4.09. The van der Waals surface area contributed by atoms with Gasteiger partial charge in [0.05, 0.1) is 6.61 Å². The molecular weight excluding hydrogens is 183 g/mol. The number of carbonyl (C=O) groups is 1. The summed E-state index contributed by atoms with van der Waals surface area (Å²) < 4.78 is 24.7. The molecule has 7 heteroatoms. The van der Waals surface area contributed by atoms with Crippen LogP contribution in [-0.4, -0.2) is 61.4 Å². The molecule has 0 aromatic rings. The van der Waals surface area contributed by atoms with E-state index in [0.717, 1.165) is 6.92 Å². The molecular formula is C4H8NaO5S. The maximum absolute atomic E-state index is 10.4. The van der Waals surface area contributed by atoms with Crippen LogP contribution in [0.3, 0.4) is 0 Å². The second-order valence-electron chi connectivity index (χ2n) is 1.56. The summed E-state index contributed by atoms with van der Waals surface area (Å²) in [6, 6.07) is 0. The Hall–Kier alpha value is 0.380. The largest absolute Gasteiger partial charge is 0.395 e. The van der Waals surface area contributed by atoms with Crippen molar-refractivity contribution in [2.24, 2.45) is 0 Å². The molecule has 1 N–H and O–H groups in total. The van der Waals surface area contributed by atoms with Gasteiger partial charge >= 0.3 is 16.1 Å². The zero-order valence-corrected chi connectivity index (χ0v) is 9.22. The molecule has 11 heavy (non-hydrogen) atoms. The minimum absolute atomic E-state index is 0. The second-order valence-corrected chi connectivity index (χ2v) is 3.25. The van der Waals surface area contributed by atoms with E-state index in [1.165, 1.54) is 0 Å². The summed E-state index contributed by atoms with van der Waals surface area (Å²) in [6.45, 7) is 0.435. The molecule has 0 heterocycles. The predicted octanol–water partition coefficient (Wildman–Crippen LogP) is -1.51. The molecule has 0 aromatic heterocycles. The van der Waals surface area contributed by atoms with Crippen molar-refractivity contribution in [3.63, 3.8) is 0 Å². The normalized spacial score (nSPS) is 10.0. The van der Waals surface area contributed by atoms with Crippen LogP contribution in [-0.2, 0) is 19.1 Å². The number of rotatable bonds is 3. The molecule has 0 fully saturated rings. The van der Waals surface area contributed by atoms with Crippen molar-refractivity contribution < 1.29 is 22.5 Å². The fraction of sp³-hybridized carbons (Fsp3) is 0.750. The minimum Gasteiger partial charge on any atom is -0.395 e. The first kappa shape index (κ1) is 13.9. The minimum atomic E-state index is -3.83. The van der Waals surface area contributed by atoms with Crippen LogP contribution in [0.4, 0.5) is 0 Å². The summed E-state index contributed by atoms with van der Waals surface area (Å²) in [5.41, 5.74) is 0. The van der Waals surface area contributed by atoms with Crippen molar-refractivity contribution in [3.05, 3.63) is 0 Å². The Bertz CT molecular complexity index is 209. The second kappa shape index (κ2) is 5.96. The number of hydrogen-bond acceptors (Lipinski definition) is 5. The molecule has 61 valence electrons. The van der Waals surface area contributed by atoms with Gasteiger partial charge in [-0.05, 0) is 0 Å². The van der Waals surface area contributed by atoms with Gasteiger partial charge in [0.25, 0.3) is 0 Å². The Morgan fingerprint density at radius 2 is 2.00 bits per heavy atom. The third-order valence-electron chi connectivity index (χ3n) is 0.586. The zero-order chi connectivity index (χ0) is 8.20. The average molecular weight is 191 g/mol. The molecule has 1 radical (unpaired) electrons. The molecule has 0 bridgehead atoms. The SMILES string of the molecule is CC(=O)OS(=O)(=O)CCO.[Na]. The maximum atomic E-state index is 10.4. The van der Waals surface area contributed by atoms with E-state index in [4.69, 9.17) is 5.11 Å². The topological polar surface area (TPSA) is 80.7 Å². The Labute approximate surface area is 87.2 Å². The van der Waals surface area contributed by atoms with Crippen LogP contribution >= 0.6 is 0 Å². The van der Waals surface area contributed by atoms with E-state index >= 15 is 0 Å². The van der Waals surface area contributed by atoms with Gasteiger partial charge < -0.3 is 9.29 Å². The van der Waals surface area contributed by atoms with Crippen molar-refractivity contribution in [1.29, 1.82) is 0 Å². The van der Waals surface area contributed by atoms with Crippen LogP contribution in [0.1, 0.15) is 6.92 Å². The zero-order valence-electron chi connectivity index (χ0n) is 6.40. The summed E-state index contributed by atoms with van der Waals surface area (Å²) in [5.74, 6) is -1.44. The van der Waals surface area contributed by atoms with Gasteiger partial charge in [-0.25, -0.2) is 0 Å². The molecule has 0 unspecified atom stereocenters. The van der Waals surface area contributed by atoms with E-state index in [1.807, 2.05) is 0 Å². The van der Waals surface area contributed by atoms with Crippen molar-refractivity contribution >= 4 is 45.6 Å². The summed E-state index contributed by atoms with van der Waals surface area (Å²) in [6.07, 6.45) is 0. The molecule has 0 aliphatic rings. The van der Waals surface area contributed by atoms with Gasteiger partial charge in [-0.3, -0.25) is 4.79 Å². The Morgan fingerprint density at radius 1 is 1.55 bits per heavy atom. The van der Waals surface area contributed by atoms with Crippen LogP contribution < -0.4 is 0 Å². The maximum Gasteiger partial charge on any atom is 0.319 e. The van der Waals surface area contributed by atoms with Gasteiger partial charge in [-0.2, -0.15) is 8.42 Å².